The van der Waals surface area contributed by atoms with Gasteiger partial charge in [0, 0.05) is 12.1 Å². The Kier molecular flexibility index (Phi) is 5.67. The summed E-state index contributed by atoms with van der Waals surface area (Å²) >= 11 is 0. The molecule has 2 rings (SSSR count). The van der Waals surface area contributed by atoms with Crippen molar-refractivity contribution in [2.24, 2.45) is 0 Å². The largest absolute Gasteiger partial charge is 0.465 e. The van der Waals surface area contributed by atoms with E-state index in [9.17, 15) is 14.4 Å². The molecule has 2 heterocycles. The molecule has 0 aromatic carbocycles. The minimum absolute atomic E-state index is 0.00402. The van der Waals surface area contributed by atoms with E-state index in [-0.39, 0.29) is 33.8 Å². The summed E-state index contributed by atoms with van der Waals surface area (Å²) in [6.07, 6.45) is 0. The number of ether oxygens (including phenoxy) is 2. The number of aromatic amines is 1. The molecule has 0 unspecified atom stereocenters. The van der Waals surface area contributed by atoms with Gasteiger partial charge in [0.15, 0.2) is 19.4 Å². The maximum absolute atomic E-state index is 12.2. The average Bonchev–Trinajstić information content (AvgIpc) is 2.96. The fourth-order valence-corrected chi connectivity index (χ4v) is 3.31. The van der Waals surface area contributed by atoms with Crippen molar-refractivity contribution >= 4 is 25.8 Å². The molecule has 2 aromatic heterocycles. The number of carbonyl (C=O) groups excluding carboxylic acids is 2. The Morgan fingerprint density at radius 1 is 1.11 bits per heavy atom. The number of hydrogen-bond donors (Lipinski definition) is 1. The molecule has 0 aliphatic rings. The molecule has 0 aliphatic carbocycles. The van der Waals surface area contributed by atoms with Crippen LogP contribution in [0.4, 0.5) is 0 Å². The number of aromatic nitrogens is 2. The highest BCUT2D eigenvalue weighted by Crippen LogP contribution is 2.37. The molecule has 0 fully saturated rings. The Morgan fingerprint density at radius 3 is 2.22 bits per heavy atom. The molecule has 0 amide bonds. The lowest BCUT2D eigenvalue weighted by Crippen LogP contribution is -2.40. The molecule has 0 atom stereocenters. The molecule has 0 bridgehead atoms. The van der Waals surface area contributed by atoms with E-state index >= 15 is 0 Å². The van der Waals surface area contributed by atoms with Crippen molar-refractivity contribution in [3.63, 3.8) is 0 Å². The number of pyridine rings is 1. The van der Waals surface area contributed by atoms with Crippen LogP contribution in [-0.2, 0) is 20.5 Å². The van der Waals surface area contributed by atoms with Crippen molar-refractivity contribution < 1.29 is 23.5 Å². The van der Waals surface area contributed by atoms with Crippen LogP contribution < -0.4 is 5.43 Å². The summed E-state index contributed by atoms with van der Waals surface area (Å²) in [5.41, 5.74) is 0.315. The number of nitrogens with one attached hydrogen (secondary N) is 1. The van der Waals surface area contributed by atoms with Crippen molar-refractivity contribution in [3.8, 4) is 0 Å². The van der Waals surface area contributed by atoms with Crippen LogP contribution >= 0.6 is 0 Å². The van der Waals surface area contributed by atoms with E-state index in [4.69, 9.17) is 13.9 Å². The zero-order valence-electron chi connectivity index (χ0n) is 16.8. The van der Waals surface area contributed by atoms with Crippen molar-refractivity contribution in [1.29, 1.82) is 0 Å². The molecule has 8 nitrogen and oxygen atoms in total. The van der Waals surface area contributed by atoms with Crippen LogP contribution in [0.25, 0.3) is 5.52 Å². The van der Waals surface area contributed by atoms with Crippen LogP contribution in [0.15, 0.2) is 16.9 Å². The maximum Gasteiger partial charge on any atom is 0.356 e. The van der Waals surface area contributed by atoms with Gasteiger partial charge in [-0.2, -0.15) is 0 Å². The van der Waals surface area contributed by atoms with Gasteiger partial charge in [-0.1, -0.05) is 20.8 Å². The molecule has 2 aromatic rings. The Hall–Kier alpha value is -2.39. The zero-order chi connectivity index (χ0) is 20.6. The van der Waals surface area contributed by atoms with Gasteiger partial charge < -0.3 is 13.9 Å². The first-order valence-corrected chi connectivity index (χ1v) is 11.4. The minimum Gasteiger partial charge on any atom is -0.465 e. The lowest BCUT2D eigenvalue weighted by molar-refractivity contribution is 0.0553. The molecule has 0 spiro atoms. The van der Waals surface area contributed by atoms with E-state index < -0.39 is 20.3 Å². The summed E-state index contributed by atoms with van der Waals surface area (Å²) in [4.78, 5) is 36.5. The standard InChI is InChI=1S/C18H26N2O6Si/c1-18(2,3)27(6,7)26-10-11-8-12(21)9-13-14(16(22)24-4)15(17(23)25-5)19-20(11)13/h8-9,19H,10H2,1-7H3. The SMILES string of the molecule is COC(=O)c1[nH]n2c(CO[Si](C)(C)C(C)(C)C)cc(=O)cc2c1C(=O)OC. The summed E-state index contributed by atoms with van der Waals surface area (Å²) in [6.45, 7) is 10.7. The molecule has 0 saturated heterocycles. The van der Waals surface area contributed by atoms with Crippen LogP contribution in [0.3, 0.4) is 0 Å². The smallest absolute Gasteiger partial charge is 0.356 e. The second-order valence-corrected chi connectivity index (χ2v) is 12.6. The fourth-order valence-electron chi connectivity index (χ4n) is 2.37. The molecule has 9 heteroatoms. The maximum atomic E-state index is 12.2. The van der Waals surface area contributed by atoms with Gasteiger partial charge in [0.05, 0.1) is 32.0 Å². The monoisotopic (exact) mass is 394 g/mol. The number of rotatable bonds is 5. The fraction of sp³-hybridized carbons (Fsp3) is 0.500. The molecule has 148 valence electrons. The molecular weight excluding hydrogens is 368 g/mol. The van der Waals surface area contributed by atoms with Crippen LogP contribution in [-0.4, -0.2) is 44.1 Å². The lowest BCUT2D eigenvalue weighted by Gasteiger charge is -2.36. The summed E-state index contributed by atoms with van der Waals surface area (Å²) in [5, 5.41) is 2.83. The van der Waals surface area contributed by atoms with E-state index in [2.05, 4.69) is 39.0 Å². The minimum atomic E-state index is -2.07. The molecule has 0 radical (unpaired) electrons. The highest BCUT2D eigenvalue weighted by Gasteiger charge is 2.37. The van der Waals surface area contributed by atoms with Crippen molar-refractivity contribution in [2.45, 2.75) is 45.5 Å². The lowest BCUT2D eigenvalue weighted by atomic mass is 10.2. The van der Waals surface area contributed by atoms with E-state index in [1.165, 1.54) is 30.9 Å². The highest BCUT2D eigenvalue weighted by atomic mass is 28.4. The number of esters is 2. The topological polar surface area (TPSA) is 99.1 Å². The Balaban J connectivity index is 2.62. The summed E-state index contributed by atoms with van der Waals surface area (Å²) in [5.74, 6) is -1.47. The van der Waals surface area contributed by atoms with Gasteiger partial charge in [-0.05, 0) is 18.1 Å². The van der Waals surface area contributed by atoms with Crippen molar-refractivity contribution in [1.82, 2.24) is 9.61 Å². The van der Waals surface area contributed by atoms with Crippen molar-refractivity contribution in [3.05, 3.63) is 39.3 Å². The Morgan fingerprint density at radius 2 is 1.70 bits per heavy atom. The number of fused-ring (bicyclic) bond motifs is 1. The first-order chi connectivity index (χ1) is 12.4. The van der Waals surface area contributed by atoms with Crippen LogP contribution in [0, 0.1) is 0 Å². The second-order valence-electron chi connectivity index (χ2n) is 7.80. The quantitative estimate of drug-likeness (QED) is 0.618. The average molecular weight is 395 g/mol. The van der Waals surface area contributed by atoms with E-state index in [0.717, 1.165) is 0 Å². The second kappa shape index (κ2) is 7.32. The van der Waals surface area contributed by atoms with E-state index in [1.54, 1.807) is 0 Å². The number of methoxy groups -OCH3 is 2. The van der Waals surface area contributed by atoms with Gasteiger partial charge in [-0.3, -0.25) is 14.4 Å². The van der Waals surface area contributed by atoms with E-state index in [1.807, 2.05) is 0 Å². The van der Waals surface area contributed by atoms with Gasteiger partial charge in [-0.25, -0.2) is 9.59 Å². The van der Waals surface area contributed by atoms with Crippen molar-refractivity contribution in [2.75, 3.05) is 14.2 Å². The summed E-state index contributed by atoms with van der Waals surface area (Å²) in [6, 6.07) is 2.68. The first-order valence-electron chi connectivity index (χ1n) is 8.51. The third-order valence-corrected chi connectivity index (χ3v) is 9.49. The van der Waals surface area contributed by atoms with Crippen LogP contribution in [0.1, 0.15) is 47.3 Å². The van der Waals surface area contributed by atoms with Gasteiger partial charge >= 0.3 is 11.9 Å². The van der Waals surface area contributed by atoms with Crippen LogP contribution in [0.5, 0.6) is 0 Å². The molecule has 0 saturated carbocycles. The highest BCUT2D eigenvalue weighted by molar-refractivity contribution is 6.74. The van der Waals surface area contributed by atoms with Gasteiger partial charge in [0.1, 0.15) is 5.56 Å². The van der Waals surface area contributed by atoms with Gasteiger partial charge in [0.2, 0.25) is 0 Å². The van der Waals surface area contributed by atoms with Crippen LogP contribution in [0.2, 0.25) is 18.1 Å². The Labute approximate surface area is 158 Å². The van der Waals surface area contributed by atoms with Gasteiger partial charge in [-0.15, -0.1) is 0 Å². The molecule has 1 N–H and O–H groups in total. The molecule has 27 heavy (non-hydrogen) atoms. The number of carbonyl (C=O) groups is 2. The molecular formula is C18H26N2O6Si. The first kappa shape index (κ1) is 20.9. The zero-order valence-corrected chi connectivity index (χ0v) is 17.8. The third-order valence-electron chi connectivity index (χ3n) is 5.01. The number of H-pyrrole nitrogens is 1. The number of hydrogen-bond acceptors (Lipinski definition) is 6. The Bertz CT molecular complexity index is 936. The summed E-state index contributed by atoms with van der Waals surface area (Å²) < 4.78 is 17.2. The molecule has 0 aliphatic heterocycles. The summed E-state index contributed by atoms with van der Waals surface area (Å²) in [7, 11) is 0.343. The number of nitrogens with zero attached hydrogens (tertiary/aromatic N) is 1. The third kappa shape index (κ3) is 3.98. The van der Waals surface area contributed by atoms with Gasteiger partial charge in [0.25, 0.3) is 0 Å². The predicted molar refractivity (Wildman–Crippen MR) is 103 cm³/mol. The van der Waals surface area contributed by atoms with E-state index in [0.29, 0.717) is 5.69 Å². The predicted octanol–water partition coefficient (Wildman–Crippen LogP) is 2.72. The normalized spacial score (nSPS) is 12.3.